The zero-order chi connectivity index (χ0) is 26.5. The lowest BCUT2D eigenvalue weighted by Crippen LogP contribution is -2.29. The molecule has 0 atom stereocenters. The van der Waals surface area contributed by atoms with Gasteiger partial charge in [-0.25, -0.2) is 9.97 Å². The fraction of sp³-hybridized carbons (Fsp3) is 0.240. The van der Waals surface area contributed by atoms with Gasteiger partial charge in [0.2, 0.25) is 17.7 Å². The van der Waals surface area contributed by atoms with E-state index in [1.807, 2.05) is 32.1 Å². The third kappa shape index (κ3) is 5.59. The van der Waals surface area contributed by atoms with Crippen molar-refractivity contribution in [3.8, 4) is 23.1 Å². The van der Waals surface area contributed by atoms with Gasteiger partial charge in [0, 0.05) is 44.8 Å². The topological polar surface area (TPSA) is 133 Å². The van der Waals surface area contributed by atoms with Crippen molar-refractivity contribution in [2.45, 2.75) is 0 Å². The van der Waals surface area contributed by atoms with Crippen LogP contribution in [0.5, 0.6) is 11.6 Å². The monoisotopic (exact) mass is 503 g/mol. The van der Waals surface area contributed by atoms with Crippen molar-refractivity contribution in [2.75, 3.05) is 56.9 Å². The second kappa shape index (κ2) is 10.9. The molecule has 4 aromatic rings. The lowest BCUT2D eigenvalue weighted by Gasteiger charge is -2.26. The Hall–Kier alpha value is -4.71. The van der Waals surface area contributed by atoms with Crippen LogP contribution < -0.4 is 20.3 Å². The Kier molecular flexibility index (Phi) is 7.49. The van der Waals surface area contributed by atoms with E-state index in [0.29, 0.717) is 34.2 Å². The highest BCUT2D eigenvalue weighted by atomic mass is 16.5. The summed E-state index contributed by atoms with van der Waals surface area (Å²) in [4.78, 5) is 33.5. The van der Waals surface area contributed by atoms with Crippen molar-refractivity contribution in [3.63, 3.8) is 0 Å². The maximum atomic E-state index is 12.2. The molecule has 1 amide bonds. The molecule has 4 rings (SSSR count). The minimum absolute atomic E-state index is 0.144. The molecule has 12 nitrogen and oxygen atoms in total. The molecule has 0 saturated carbocycles. The van der Waals surface area contributed by atoms with Crippen molar-refractivity contribution >= 4 is 34.4 Å². The van der Waals surface area contributed by atoms with Crippen molar-refractivity contribution in [1.29, 1.82) is 0 Å². The first-order valence-corrected chi connectivity index (χ1v) is 11.4. The predicted molar refractivity (Wildman–Crippen MR) is 143 cm³/mol. The highest BCUT2D eigenvalue weighted by molar-refractivity contribution is 6.02. The number of hydrogen-bond donors (Lipinski definition) is 3. The lowest BCUT2D eigenvalue weighted by molar-refractivity contribution is -0.111. The molecule has 0 aliphatic heterocycles. The van der Waals surface area contributed by atoms with Gasteiger partial charge < -0.3 is 30.3 Å². The second-order valence-electron chi connectivity index (χ2n) is 8.47. The number of likely N-dealkylation sites (N-methyl/N-ethyl adjacent to an activating group) is 2. The molecule has 0 aliphatic rings. The van der Waals surface area contributed by atoms with Gasteiger partial charge in [-0.2, -0.15) is 4.98 Å². The van der Waals surface area contributed by atoms with E-state index in [1.54, 1.807) is 42.2 Å². The summed E-state index contributed by atoms with van der Waals surface area (Å²) < 4.78 is 7.34. The third-order valence-corrected chi connectivity index (χ3v) is 5.61. The first-order chi connectivity index (χ1) is 17.8. The van der Waals surface area contributed by atoms with Crippen molar-refractivity contribution in [3.05, 3.63) is 55.6 Å². The Morgan fingerprint density at radius 3 is 2.73 bits per heavy atom. The molecule has 0 fully saturated rings. The Morgan fingerprint density at radius 1 is 1.19 bits per heavy atom. The number of aromatic hydroxyl groups is 1. The average molecular weight is 504 g/mol. The smallest absolute Gasteiger partial charge is 0.247 e. The van der Waals surface area contributed by atoms with Crippen LogP contribution in [0.1, 0.15) is 0 Å². The van der Waals surface area contributed by atoms with E-state index in [0.717, 1.165) is 18.8 Å². The van der Waals surface area contributed by atoms with Crippen LogP contribution in [0.25, 0.3) is 17.0 Å². The Morgan fingerprint density at radius 2 is 2.00 bits per heavy atom. The van der Waals surface area contributed by atoms with Gasteiger partial charge >= 0.3 is 0 Å². The number of rotatable bonds is 10. The number of nitrogens with zero attached hydrogens (tertiary/aromatic N) is 7. The standard InChI is InChI=1S/C25H29N9O3/c1-6-22(35)28-17-13-18(21(37-5)14-19(17)33(4)12-11-32(2)3)30-25-27-8-7-16(29-25)23-31-24(36)20-15-26-9-10-34(20)23/h6-10,13-15,36H,1,11-12H2,2-5H3,(H,28,35)(H,27,29,30). The molecule has 1 aromatic carbocycles. The summed E-state index contributed by atoms with van der Waals surface area (Å²) in [5.74, 6) is 0.763. The first kappa shape index (κ1) is 25.4. The molecule has 3 aromatic heterocycles. The molecule has 37 heavy (non-hydrogen) atoms. The highest BCUT2D eigenvalue weighted by Gasteiger charge is 2.18. The summed E-state index contributed by atoms with van der Waals surface area (Å²) in [6, 6.07) is 5.30. The Labute approximate surface area is 214 Å². The number of fused-ring (bicyclic) bond motifs is 1. The maximum absolute atomic E-state index is 12.2. The predicted octanol–water partition coefficient (Wildman–Crippen LogP) is 2.77. The summed E-state index contributed by atoms with van der Waals surface area (Å²) in [6.07, 6.45) is 7.61. The maximum Gasteiger partial charge on any atom is 0.247 e. The zero-order valence-electron chi connectivity index (χ0n) is 21.1. The number of benzene rings is 1. The molecule has 0 saturated heterocycles. The molecule has 0 aliphatic carbocycles. The van der Waals surface area contributed by atoms with Gasteiger partial charge in [0.25, 0.3) is 0 Å². The molecule has 12 heteroatoms. The highest BCUT2D eigenvalue weighted by Crippen LogP contribution is 2.38. The fourth-order valence-corrected chi connectivity index (χ4v) is 3.67. The van der Waals surface area contributed by atoms with Gasteiger partial charge in [-0.3, -0.25) is 14.2 Å². The zero-order valence-corrected chi connectivity index (χ0v) is 21.1. The normalized spacial score (nSPS) is 10.9. The summed E-state index contributed by atoms with van der Waals surface area (Å²) in [6.45, 7) is 5.10. The van der Waals surface area contributed by atoms with Crippen LogP contribution in [0.4, 0.5) is 23.0 Å². The van der Waals surface area contributed by atoms with Crippen molar-refractivity contribution < 1.29 is 14.6 Å². The van der Waals surface area contributed by atoms with Crippen LogP contribution in [-0.2, 0) is 4.79 Å². The largest absolute Gasteiger partial charge is 0.494 e. The van der Waals surface area contributed by atoms with Crippen LogP contribution in [0.2, 0.25) is 0 Å². The molecule has 3 heterocycles. The van der Waals surface area contributed by atoms with Gasteiger partial charge in [0.15, 0.2) is 5.82 Å². The van der Waals surface area contributed by atoms with E-state index in [2.05, 4.69) is 42.0 Å². The number of aromatic nitrogens is 5. The van der Waals surface area contributed by atoms with Crippen LogP contribution in [0.15, 0.2) is 55.6 Å². The van der Waals surface area contributed by atoms with Gasteiger partial charge in [0.1, 0.15) is 17.0 Å². The SMILES string of the molecule is C=CC(=O)Nc1cc(Nc2nccc(-c3nc(O)c4cnccn34)n2)c(OC)cc1N(C)CCN(C)C. The summed E-state index contributed by atoms with van der Waals surface area (Å²) in [5.41, 5.74) is 2.84. The molecule has 0 unspecified atom stereocenters. The molecule has 3 N–H and O–H groups in total. The van der Waals surface area contributed by atoms with E-state index in [9.17, 15) is 9.90 Å². The summed E-state index contributed by atoms with van der Waals surface area (Å²) in [7, 11) is 7.51. The van der Waals surface area contributed by atoms with Crippen LogP contribution in [0, 0.1) is 0 Å². The fourth-order valence-electron chi connectivity index (χ4n) is 3.67. The third-order valence-electron chi connectivity index (χ3n) is 5.61. The number of hydrogen-bond acceptors (Lipinski definition) is 10. The van der Waals surface area contributed by atoms with E-state index >= 15 is 0 Å². The summed E-state index contributed by atoms with van der Waals surface area (Å²) >= 11 is 0. The number of amides is 1. The first-order valence-electron chi connectivity index (χ1n) is 11.4. The minimum Gasteiger partial charge on any atom is -0.494 e. The average Bonchev–Trinajstić information content (AvgIpc) is 3.24. The quantitative estimate of drug-likeness (QED) is 0.277. The number of carbonyl (C=O) groups is 1. The molecule has 192 valence electrons. The van der Waals surface area contributed by atoms with Gasteiger partial charge in [-0.1, -0.05) is 6.58 Å². The molecular formula is C25H29N9O3. The van der Waals surface area contributed by atoms with E-state index in [-0.39, 0.29) is 17.7 Å². The molecule has 0 radical (unpaired) electrons. The van der Waals surface area contributed by atoms with Gasteiger partial charge in [-0.15, -0.1) is 0 Å². The van der Waals surface area contributed by atoms with Crippen LogP contribution >= 0.6 is 0 Å². The number of anilines is 4. The number of nitrogens with one attached hydrogen (secondary N) is 2. The van der Waals surface area contributed by atoms with Crippen LogP contribution in [-0.4, -0.2) is 81.6 Å². The molecule has 0 bridgehead atoms. The number of imidazole rings is 1. The van der Waals surface area contributed by atoms with E-state index in [1.165, 1.54) is 12.3 Å². The minimum atomic E-state index is -0.336. The number of carbonyl (C=O) groups excluding carboxylic acids is 1. The molecular weight excluding hydrogens is 474 g/mol. The number of ether oxygens (including phenoxy) is 1. The number of methoxy groups -OCH3 is 1. The van der Waals surface area contributed by atoms with E-state index < -0.39 is 0 Å². The van der Waals surface area contributed by atoms with Crippen LogP contribution in [0.3, 0.4) is 0 Å². The van der Waals surface area contributed by atoms with Crippen molar-refractivity contribution in [2.24, 2.45) is 0 Å². The van der Waals surface area contributed by atoms with Crippen molar-refractivity contribution in [1.82, 2.24) is 29.2 Å². The Balaban J connectivity index is 1.71. The second-order valence-corrected chi connectivity index (χ2v) is 8.47. The van der Waals surface area contributed by atoms with Gasteiger partial charge in [-0.05, 0) is 32.3 Å². The molecule has 0 spiro atoms. The lowest BCUT2D eigenvalue weighted by atomic mass is 10.2. The van der Waals surface area contributed by atoms with Gasteiger partial charge in [0.05, 0.1) is 30.4 Å². The van der Waals surface area contributed by atoms with E-state index in [4.69, 9.17) is 4.74 Å². The Bertz CT molecular complexity index is 1430. The summed E-state index contributed by atoms with van der Waals surface area (Å²) in [5, 5.41) is 16.2.